The van der Waals surface area contributed by atoms with Crippen LogP contribution in [0.15, 0.2) is 0 Å². The molecule has 2 unspecified atom stereocenters. The van der Waals surface area contributed by atoms with Gasteiger partial charge in [-0.2, -0.15) is 0 Å². The van der Waals surface area contributed by atoms with E-state index in [-0.39, 0.29) is 12.6 Å². The number of carbonyl (C=O) groups excluding carboxylic acids is 1. The Kier molecular flexibility index (Phi) is 6.61. The van der Waals surface area contributed by atoms with E-state index in [0.717, 1.165) is 6.42 Å². The Hall–Kier alpha value is -1.26. The fraction of sp³-hybridized carbons (Fsp3) is 0.833. The fourth-order valence-electron chi connectivity index (χ4n) is 1.53. The number of urea groups is 1. The molecule has 0 aromatic rings. The SMILES string of the molecule is CCC(C)CN(C)C(=O)N(C)CC(C)C(=O)O. The third kappa shape index (κ3) is 5.56. The average molecular weight is 244 g/mol. The number of carbonyl (C=O) groups is 2. The van der Waals surface area contributed by atoms with Gasteiger partial charge in [-0.3, -0.25) is 4.79 Å². The summed E-state index contributed by atoms with van der Waals surface area (Å²) in [7, 11) is 3.38. The number of carboxylic acid groups (broad SMARTS) is 1. The summed E-state index contributed by atoms with van der Waals surface area (Å²) in [5.41, 5.74) is 0. The summed E-state index contributed by atoms with van der Waals surface area (Å²) >= 11 is 0. The van der Waals surface area contributed by atoms with E-state index in [1.807, 2.05) is 0 Å². The predicted molar refractivity (Wildman–Crippen MR) is 66.9 cm³/mol. The molecule has 2 amide bonds. The summed E-state index contributed by atoms with van der Waals surface area (Å²) in [6, 6.07) is -0.126. The molecule has 17 heavy (non-hydrogen) atoms. The molecule has 5 nitrogen and oxygen atoms in total. The van der Waals surface area contributed by atoms with Gasteiger partial charge in [-0.25, -0.2) is 4.79 Å². The highest BCUT2D eigenvalue weighted by Gasteiger charge is 2.20. The molecule has 2 atom stereocenters. The minimum atomic E-state index is -0.880. The van der Waals surface area contributed by atoms with E-state index in [0.29, 0.717) is 12.5 Å². The van der Waals surface area contributed by atoms with Gasteiger partial charge in [0.15, 0.2) is 0 Å². The topological polar surface area (TPSA) is 60.9 Å². The highest BCUT2D eigenvalue weighted by atomic mass is 16.4. The molecule has 5 heteroatoms. The molecule has 100 valence electrons. The minimum absolute atomic E-state index is 0.126. The predicted octanol–water partition coefficient (Wildman–Crippen LogP) is 1.74. The van der Waals surface area contributed by atoms with Crippen molar-refractivity contribution in [2.45, 2.75) is 27.2 Å². The van der Waals surface area contributed by atoms with Crippen molar-refractivity contribution in [3.05, 3.63) is 0 Å². The van der Waals surface area contributed by atoms with Gasteiger partial charge in [0.1, 0.15) is 0 Å². The number of hydrogen-bond donors (Lipinski definition) is 1. The van der Waals surface area contributed by atoms with Gasteiger partial charge in [0.25, 0.3) is 0 Å². The second-order valence-electron chi connectivity index (χ2n) is 4.80. The third-order valence-corrected chi connectivity index (χ3v) is 2.90. The lowest BCUT2D eigenvalue weighted by Gasteiger charge is -2.27. The van der Waals surface area contributed by atoms with E-state index in [4.69, 9.17) is 5.11 Å². The fourth-order valence-corrected chi connectivity index (χ4v) is 1.53. The van der Waals surface area contributed by atoms with Crippen molar-refractivity contribution in [2.24, 2.45) is 11.8 Å². The smallest absolute Gasteiger partial charge is 0.319 e. The highest BCUT2D eigenvalue weighted by molar-refractivity contribution is 5.75. The zero-order chi connectivity index (χ0) is 13.6. The summed E-state index contributed by atoms with van der Waals surface area (Å²) in [5, 5.41) is 8.78. The molecule has 0 radical (unpaired) electrons. The van der Waals surface area contributed by atoms with Crippen LogP contribution >= 0.6 is 0 Å². The molecule has 0 aromatic carbocycles. The number of rotatable bonds is 6. The summed E-state index contributed by atoms with van der Waals surface area (Å²) in [6.07, 6.45) is 1.02. The van der Waals surface area contributed by atoms with Crippen molar-refractivity contribution in [1.82, 2.24) is 9.80 Å². The normalized spacial score (nSPS) is 13.9. The Balaban J connectivity index is 4.24. The standard InChI is InChI=1S/C12H24N2O3/c1-6-9(2)7-13(4)12(17)14(5)8-10(3)11(15)16/h9-10H,6-8H2,1-5H3,(H,15,16). The van der Waals surface area contributed by atoms with Gasteiger partial charge < -0.3 is 14.9 Å². The zero-order valence-electron chi connectivity index (χ0n) is 11.4. The quantitative estimate of drug-likeness (QED) is 0.774. The molecule has 0 bridgehead atoms. The lowest BCUT2D eigenvalue weighted by atomic mass is 10.1. The van der Waals surface area contributed by atoms with E-state index < -0.39 is 11.9 Å². The van der Waals surface area contributed by atoms with E-state index in [9.17, 15) is 9.59 Å². The number of carboxylic acids is 1. The Bertz CT molecular complexity index is 268. The summed E-state index contributed by atoms with van der Waals surface area (Å²) in [5.74, 6) is -0.968. The molecule has 0 aliphatic rings. The maximum absolute atomic E-state index is 11.9. The second-order valence-corrected chi connectivity index (χ2v) is 4.80. The third-order valence-electron chi connectivity index (χ3n) is 2.90. The molecule has 0 spiro atoms. The lowest BCUT2D eigenvalue weighted by molar-refractivity contribution is -0.141. The monoisotopic (exact) mass is 244 g/mol. The van der Waals surface area contributed by atoms with E-state index in [2.05, 4.69) is 13.8 Å². The molecule has 1 N–H and O–H groups in total. The Morgan fingerprint density at radius 1 is 1.12 bits per heavy atom. The molecule has 0 aromatic heterocycles. The number of amides is 2. The minimum Gasteiger partial charge on any atom is -0.481 e. The van der Waals surface area contributed by atoms with Gasteiger partial charge in [0.2, 0.25) is 0 Å². The van der Waals surface area contributed by atoms with Crippen LogP contribution in [0.1, 0.15) is 27.2 Å². The largest absolute Gasteiger partial charge is 0.481 e. The van der Waals surface area contributed by atoms with Crippen LogP contribution in [-0.2, 0) is 4.79 Å². The molecule has 0 heterocycles. The van der Waals surface area contributed by atoms with E-state index >= 15 is 0 Å². The van der Waals surface area contributed by atoms with Crippen LogP contribution in [0, 0.1) is 11.8 Å². The van der Waals surface area contributed by atoms with Gasteiger partial charge in [-0.1, -0.05) is 27.2 Å². The van der Waals surface area contributed by atoms with Crippen molar-refractivity contribution < 1.29 is 14.7 Å². The molecule has 0 rings (SSSR count). The first-order valence-corrected chi connectivity index (χ1v) is 5.98. The number of nitrogens with zero attached hydrogens (tertiary/aromatic N) is 2. The van der Waals surface area contributed by atoms with Gasteiger partial charge in [0, 0.05) is 27.2 Å². The highest BCUT2D eigenvalue weighted by Crippen LogP contribution is 2.06. The molecule has 0 aliphatic carbocycles. The Morgan fingerprint density at radius 3 is 2.00 bits per heavy atom. The van der Waals surface area contributed by atoms with Crippen LogP contribution in [0.3, 0.4) is 0 Å². The summed E-state index contributed by atoms with van der Waals surface area (Å²) in [6.45, 7) is 6.70. The molecule has 0 fully saturated rings. The first-order valence-electron chi connectivity index (χ1n) is 5.98. The second kappa shape index (κ2) is 7.14. The molecule has 0 aliphatic heterocycles. The van der Waals surface area contributed by atoms with E-state index in [1.54, 1.807) is 25.9 Å². The Labute approximate surface area is 103 Å². The molecular formula is C12H24N2O3. The van der Waals surface area contributed by atoms with Crippen LogP contribution in [-0.4, -0.2) is 54.1 Å². The van der Waals surface area contributed by atoms with Crippen LogP contribution in [0.2, 0.25) is 0 Å². The van der Waals surface area contributed by atoms with Crippen molar-refractivity contribution in [2.75, 3.05) is 27.2 Å². The van der Waals surface area contributed by atoms with Gasteiger partial charge >= 0.3 is 12.0 Å². The van der Waals surface area contributed by atoms with Gasteiger partial charge in [-0.15, -0.1) is 0 Å². The maximum Gasteiger partial charge on any atom is 0.319 e. The number of aliphatic carboxylic acids is 1. The lowest BCUT2D eigenvalue weighted by Crippen LogP contribution is -2.43. The van der Waals surface area contributed by atoms with Crippen molar-refractivity contribution in [3.63, 3.8) is 0 Å². The van der Waals surface area contributed by atoms with Crippen LogP contribution in [0.4, 0.5) is 4.79 Å². The van der Waals surface area contributed by atoms with Crippen molar-refractivity contribution in [3.8, 4) is 0 Å². The molecule has 0 saturated heterocycles. The molecule has 0 saturated carbocycles. The first kappa shape index (κ1) is 15.7. The zero-order valence-corrected chi connectivity index (χ0v) is 11.4. The van der Waals surface area contributed by atoms with Crippen LogP contribution < -0.4 is 0 Å². The maximum atomic E-state index is 11.9. The number of hydrogen-bond acceptors (Lipinski definition) is 2. The average Bonchev–Trinajstić information content (AvgIpc) is 2.27. The van der Waals surface area contributed by atoms with Crippen LogP contribution in [0.5, 0.6) is 0 Å². The summed E-state index contributed by atoms with van der Waals surface area (Å²) < 4.78 is 0. The summed E-state index contributed by atoms with van der Waals surface area (Å²) in [4.78, 5) is 25.7. The van der Waals surface area contributed by atoms with Gasteiger partial charge in [0.05, 0.1) is 5.92 Å². The van der Waals surface area contributed by atoms with Crippen molar-refractivity contribution in [1.29, 1.82) is 0 Å². The van der Waals surface area contributed by atoms with E-state index in [1.165, 1.54) is 4.90 Å². The Morgan fingerprint density at radius 2 is 1.59 bits per heavy atom. The first-order chi connectivity index (χ1) is 7.79. The van der Waals surface area contributed by atoms with Crippen molar-refractivity contribution >= 4 is 12.0 Å². The van der Waals surface area contributed by atoms with Gasteiger partial charge in [-0.05, 0) is 5.92 Å². The van der Waals surface area contributed by atoms with Crippen LogP contribution in [0.25, 0.3) is 0 Å². The molecular weight excluding hydrogens is 220 g/mol.